The Bertz CT molecular complexity index is 45.8. The molecule has 0 radical (unpaired) electrons. The van der Waals surface area contributed by atoms with Crippen molar-refractivity contribution in [3.05, 3.63) is 0 Å². The molecule has 0 aliphatic rings. The van der Waals surface area contributed by atoms with Gasteiger partial charge in [-0.3, -0.25) is 0 Å². The standard InChI is InChI=1S/C6H15NO/c1-6(7)4-3-5-8-2/h6H,3-5,7H2,1-2H3/t6-/m1/s1. The summed E-state index contributed by atoms with van der Waals surface area (Å²) in [6.45, 7) is 2.84. The number of nitrogens with two attached hydrogens (primary N) is 1. The highest BCUT2D eigenvalue weighted by atomic mass is 16.5. The molecular weight excluding hydrogens is 102 g/mol. The SMILES string of the molecule is COCCC[C@@H](C)N. The summed E-state index contributed by atoms with van der Waals surface area (Å²) < 4.78 is 4.84. The van der Waals surface area contributed by atoms with Crippen molar-refractivity contribution in [2.24, 2.45) is 5.73 Å². The van der Waals surface area contributed by atoms with Crippen molar-refractivity contribution in [1.29, 1.82) is 0 Å². The van der Waals surface area contributed by atoms with Crippen molar-refractivity contribution >= 4 is 0 Å². The van der Waals surface area contributed by atoms with E-state index in [1.165, 1.54) is 0 Å². The van der Waals surface area contributed by atoms with Gasteiger partial charge in [0.25, 0.3) is 0 Å². The average molecular weight is 117 g/mol. The number of ether oxygens (including phenoxy) is 1. The summed E-state index contributed by atoms with van der Waals surface area (Å²) in [7, 11) is 1.71. The van der Waals surface area contributed by atoms with Crippen molar-refractivity contribution in [3.63, 3.8) is 0 Å². The molecule has 0 aliphatic heterocycles. The van der Waals surface area contributed by atoms with Crippen LogP contribution in [0.3, 0.4) is 0 Å². The summed E-state index contributed by atoms with van der Waals surface area (Å²) in [5.74, 6) is 0. The van der Waals surface area contributed by atoms with E-state index in [1.54, 1.807) is 7.11 Å². The molecule has 0 fully saturated rings. The molecule has 0 aromatic heterocycles. The molecule has 0 bridgehead atoms. The van der Waals surface area contributed by atoms with Crippen LogP contribution in [0.15, 0.2) is 0 Å². The van der Waals surface area contributed by atoms with Gasteiger partial charge in [-0.25, -0.2) is 0 Å². The molecule has 2 heteroatoms. The molecule has 0 saturated carbocycles. The molecule has 0 amide bonds. The second-order valence-corrected chi connectivity index (χ2v) is 2.11. The molecule has 0 saturated heterocycles. The van der Waals surface area contributed by atoms with Gasteiger partial charge in [-0.2, -0.15) is 0 Å². The second-order valence-electron chi connectivity index (χ2n) is 2.11. The van der Waals surface area contributed by atoms with Crippen molar-refractivity contribution in [3.8, 4) is 0 Å². The maximum atomic E-state index is 5.48. The Morgan fingerprint density at radius 2 is 2.25 bits per heavy atom. The average Bonchev–Trinajstić information content (AvgIpc) is 1.66. The van der Waals surface area contributed by atoms with Crippen molar-refractivity contribution in [1.82, 2.24) is 0 Å². The van der Waals surface area contributed by atoms with Gasteiger partial charge in [-0.1, -0.05) is 0 Å². The Morgan fingerprint density at radius 1 is 1.62 bits per heavy atom. The van der Waals surface area contributed by atoms with Gasteiger partial charge in [0.1, 0.15) is 0 Å². The Kier molecular flexibility index (Phi) is 5.01. The van der Waals surface area contributed by atoms with E-state index in [0.29, 0.717) is 6.04 Å². The lowest BCUT2D eigenvalue weighted by Gasteiger charge is -2.01. The van der Waals surface area contributed by atoms with Gasteiger partial charge >= 0.3 is 0 Å². The fraction of sp³-hybridized carbons (Fsp3) is 1.00. The number of methoxy groups -OCH3 is 1. The van der Waals surface area contributed by atoms with Crippen LogP contribution in [0, 0.1) is 0 Å². The zero-order chi connectivity index (χ0) is 6.41. The lowest BCUT2D eigenvalue weighted by Crippen LogP contribution is -2.14. The zero-order valence-corrected chi connectivity index (χ0v) is 5.68. The van der Waals surface area contributed by atoms with Crippen LogP contribution in [0.5, 0.6) is 0 Å². The van der Waals surface area contributed by atoms with E-state index in [4.69, 9.17) is 10.5 Å². The molecule has 0 heterocycles. The highest BCUT2D eigenvalue weighted by molar-refractivity contribution is 4.50. The Labute approximate surface area is 51.0 Å². The molecule has 0 aromatic carbocycles. The van der Waals surface area contributed by atoms with Crippen LogP contribution in [0.1, 0.15) is 19.8 Å². The third-order valence-corrected chi connectivity index (χ3v) is 1.01. The molecule has 8 heavy (non-hydrogen) atoms. The molecule has 50 valence electrons. The van der Waals surface area contributed by atoms with Gasteiger partial charge in [0.05, 0.1) is 0 Å². The minimum atomic E-state index is 0.324. The summed E-state index contributed by atoms with van der Waals surface area (Å²) in [4.78, 5) is 0. The lowest BCUT2D eigenvalue weighted by molar-refractivity contribution is 0.191. The molecule has 0 spiro atoms. The number of hydrogen-bond acceptors (Lipinski definition) is 2. The van der Waals surface area contributed by atoms with Crippen LogP contribution < -0.4 is 5.73 Å². The third-order valence-electron chi connectivity index (χ3n) is 1.01. The third kappa shape index (κ3) is 5.92. The van der Waals surface area contributed by atoms with Gasteiger partial charge in [0, 0.05) is 19.8 Å². The summed E-state index contributed by atoms with van der Waals surface area (Å²) in [5, 5.41) is 0. The first-order valence-electron chi connectivity index (χ1n) is 3.02. The zero-order valence-electron chi connectivity index (χ0n) is 5.68. The molecule has 0 aliphatic carbocycles. The van der Waals surface area contributed by atoms with E-state index in [1.807, 2.05) is 6.92 Å². The van der Waals surface area contributed by atoms with Gasteiger partial charge in [-0.05, 0) is 19.8 Å². The normalized spacial score (nSPS) is 13.9. The van der Waals surface area contributed by atoms with Crippen LogP contribution in [-0.4, -0.2) is 19.8 Å². The second kappa shape index (κ2) is 5.06. The van der Waals surface area contributed by atoms with Crippen LogP contribution in [0.25, 0.3) is 0 Å². The lowest BCUT2D eigenvalue weighted by atomic mass is 10.2. The highest BCUT2D eigenvalue weighted by Crippen LogP contribution is 1.91. The van der Waals surface area contributed by atoms with Crippen molar-refractivity contribution in [2.75, 3.05) is 13.7 Å². The number of hydrogen-bond donors (Lipinski definition) is 1. The molecule has 2 nitrogen and oxygen atoms in total. The monoisotopic (exact) mass is 117 g/mol. The first-order valence-corrected chi connectivity index (χ1v) is 3.02. The van der Waals surface area contributed by atoms with Gasteiger partial charge in [-0.15, -0.1) is 0 Å². The topological polar surface area (TPSA) is 35.2 Å². The van der Waals surface area contributed by atoms with E-state index in [9.17, 15) is 0 Å². The van der Waals surface area contributed by atoms with Crippen LogP contribution >= 0.6 is 0 Å². The first-order chi connectivity index (χ1) is 3.77. The van der Waals surface area contributed by atoms with Crippen LogP contribution in [0.2, 0.25) is 0 Å². The molecule has 0 aromatic rings. The predicted molar refractivity (Wildman–Crippen MR) is 34.8 cm³/mol. The first kappa shape index (κ1) is 7.92. The van der Waals surface area contributed by atoms with E-state index in [-0.39, 0.29) is 0 Å². The smallest absolute Gasteiger partial charge is 0.0462 e. The summed E-state index contributed by atoms with van der Waals surface area (Å²) in [5.41, 5.74) is 5.48. The molecule has 1 atom stereocenters. The molecule has 2 N–H and O–H groups in total. The van der Waals surface area contributed by atoms with E-state index in [0.717, 1.165) is 19.4 Å². The summed E-state index contributed by atoms with van der Waals surface area (Å²) in [6.07, 6.45) is 2.14. The molecule has 0 unspecified atom stereocenters. The predicted octanol–water partition coefficient (Wildman–Crippen LogP) is 0.760. The minimum Gasteiger partial charge on any atom is -0.385 e. The minimum absolute atomic E-state index is 0.324. The fourth-order valence-corrected chi connectivity index (χ4v) is 0.550. The fourth-order valence-electron chi connectivity index (χ4n) is 0.550. The number of rotatable bonds is 4. The van der Waals surface area contributed by atoms with Crippen LogP contribution in [0.4, 0.5) is 0 Å². The maximum Gasteiger partial charge on any atom is 0.0462 e. The summed E-state index contributed by atoms with van der Waals surface area (Å²) in [6, 6.07) is 0.324. The molecule has 0 rings (SSSR count). The maximum absolute atomic E-state index is 5.48. The van der Waals surface area contributed by atoms with E-state index >= 15 is 0 Å². The van der Waals surface area contributed by atoms with Crippen molar-refractivity contribution < 1.29 is 4.74 Å². The van der Waals surface area contributed by atoms with Gasteiger partial charge in [0.2, 0.25) is 0 Å². The Morgan fingerprint density at radius 3 is 2.62 bits per heavy atom. The summed E-state index contributed by atoms with van der Waals surface area (Å²) >= 11 is 0. The molecular formula is C6H15NO. The van der Waals surface area contributed by atoms with Crippen molar-refractivity contribution in [2.45, 2.75) is 25.8 Å². The van der Waals surface area contributed by atoms with Gasteiger partial charge in [0.15, 0.2) is 0 Å². The Balaban J connectivity index is 2.72. The Hall–Kier alpha value is -0.0800. The highest BCUT2D eigenvalue weighted by Gasteiger charge is 1.90. The van der Waals surface area contributed by atoms with E-state index < -0.39 is 0 Å². The largest absolute Gasteiger partial charge is 0.385 e. The quantitative estimate of drug-likeness (QED) is 0.552. The van der Waals surface area contributed by atoms with Crippen LogP contribution in [-0.2, 0) is 4.74 Å². The van der Waals surface area contributed by atoms with E-state index in [2.05, 4.69) is 0 Å². The van der Waals surface area contributed by atoms with Gasteiger partial charge < -0.3 is 10.5 Å².